The van der Waals surface area contributed by atoms with E-state index in [-0.39, 0.29) is 0 Å². The molecule has 0 amide bonds. The highest BCUT2D eigenvalue weighted by Crippen LogP contribution is 2.55. The highest BCUT2D eigenvalue weighted by Gasteiger charge is 2.35. The number of benzene rings is 20. The van der Waals surface area contributed by atoms with Gasteiger partial charge >= 0.3 is 0 Å². The molecule has 0 spiro atoms. The molecular formula is C130H100. The van der Waals surface area contributed by atoms with Crippen LogP contribution in [0.3, 0.4) is 0 Å². The van der Waals surface area contributed by atoms with E-state index < -0.39 is 0 Å². The van der Waals surface area contributed by atoms with Crippen molar-refractivity contribution in [2.75, 3.05) is 0 Å². The summed E-state index contributed by atoms with van der Waals surface area (Å²) in [7, 11) is 0. The number of fused-ring (bicyclic) bond motifs is 41. The van der Waals surface area contributed by atoms with Crippen molar-refractivity contribution in [3.63, 3.8) is 0 Å². The summed E-state index contributed by atoms with van der Waals surface area (Å²) in [5.74, 6) is 0. The lowest BCUT2D eigenvalue weighted by Gasteiger charge is -2.10. The molecule has 0 N–H and O–H groups in total. The first-order valence-electron chi connectivity index (χ1n) is 47.3. The SMILES string of the molecule is Cc1ccc2c(c1)Cc1c-2ccc2c1Cc1c-2ccc2cc(C)ccc12.Cc1ccc2c(c1)Cc1c-2ccc2c1Cc1cc(C)c3ccccc3c1-2.Cc1ccc2c(c1)Cc1c-2ccc2c1Cc1cc3cc(C)ccc3cc1-2.Cc1ccc2c(c1)Cc1cc3c(cc1-2)Cc1c-3ccc2cc(C)ccc12.Cc1ccc2c(c1)Cc1cc3c(cc1-2)Cc1cc2cc(C)ccc2cc1-3. The Labute approximate surface area is 763 Å². The second kappa shape index (κ2) is 29.1. The summed E-state index contributed by atoms with van der Waals surface area (Å²) >= 11 is 0. The molecule has 0 fully saturated rings. The van der Waals surface area contributed by atoms with Gasteiger partial charge in [-0.1, -0.05) is 317 Å². The molecule has 0 nitrogen and oxygen atoms in total. The minimum atomic E-state index is 1.06. The van der Waals surface area contributed by atoms with Crippen LogP contribution in [0.4, 0.5) is 0 Å². The second-order valence-corrected chi connectivity index (χ2v) is 39.9. The van der Waals surface area contributed by atoms with Crippen molar-refractivity contribution in [2.24, 2.45) is 0 Å². The maximum atomic E-state index is 2.46. The molecule has 0 bridgehead atoms. The van der Waals surface area contributed by atoms with Crippen LogP contribution in [0.5, 0.6) is 0 Å². The smallest absolute Gasteiger partial charge is 0.000421 e. The summed E-state index contributed by atoms with van der Waals surface area (Å²) < 4.78 is 0. The third-order valence-electron chi connectivity index (χ3n) is 31.2. The van der Waals surface area contributed by atoms with Gasteiger partial charge in [0.2, 0.25) is 0 Å². The first kappa shape index (κ1) is 76.9. The molecule has 0 heterocycles. The van der Waals surface area contributed by atoms with Gasteiger partial charge in [0, 0.05) is 0 Å². The van der Waals surface area contributed by atoms with Gasteiger partial charge in [-0.15, -0.1) is 0 Å². The molecule has 0 saturated heterocycles. The molecular weight excluding hydrogens is 1560 g/mol. The Balaban J connectivity index is 0.0000000856. The van der Waals surface area contributed by atoms with Gasteiger partial charge < -0.3 is 0 Å². The lowest BCUT2D eigenvalue weighted by Crippen LogP contribution is -1.91. The van der Waals surface area contributed by atoms with Crippen LogP contribution >= 0.6 is 0 Å². The Morgan fingerprint density at radius 1 is 0.131 bits per heavy atom. The zero-order valence-electron chi connectivity index (χ0n) is 75.9. The number of aryl methyl sites for hydroxylation is 10. The quantitative estimate of drug-likeness (QED) is 0.142. The van der Waals surface area contributed by atoms with Gasteiger partial charge in [-0.25, -0.2) is 0 Å². The van der Waals surface area contributed by atoms with Crippen molar-refractivity contribution >= 4 is 53.9 Å². The molecule has 0 unspecified atom stereocenters. The predicted octanol–water partition coefficient (Wildman–Crippen LogP) is 33.0. The minimum absolute atomic E-state index is 1.06. The topological polar surface area (TPSA) is 0 Å². The summed E-state index contributed by atoms with van der Waals surface area (Å²) in [4.78, 5) is 0. The predicted molar refractivity (Wildman–Crippen MR) is 550 cm³/mol. The Hall–Kier alpha value is -14.3. The van der Waals surface area contributed by atoms with Crippen LogP contribution in [0.1, 0.15) is 167 Å². The number of rotatable bonds is 0. The standard InChI is InChI=1S/5C26H20/c1-15-3-6-21-17(9-15)5-8-23-25-12-19-11-18-10-16(2)4-7-22(18)24(19)13-20(25)14-26(21)23;1-15-3-6-19-17(11-15)5-8-22-23-10-9-21-20-7-4-16(2)12-18(20)13-24(21)26(23)14-25(19)22;1-15-3-5-17-12-25-20(9-18(17)7-15)11-22-13-24-21(14-26(22)25)10-19-8-16(2)4-6-23(19)24;1-15-3-5-17-12-24-20(11-18(17)9-15)14-26-23(24)8-7-22-21-6-4-16(2)10-19(21)13-25(22)26;1-15-7-8-20-17(11-15)13-24-21(20)9-10-23-25(24)14-18-12-16(2)19-5-3-4-6-22(19)26(18)23/h3-10,12-13H,11,14H2,1-2H3;3-12H,13-14H2,1-2H3;3-9,12-14H,10-11H2,1-2H3;2*3-12H,13-14H2,1-2H3. The monoisotopic (exact) mass is 1660 g/mol. The van der Waals surface area contributed by atoms with Gasteiger partial charge in [-0.05, 0) is 452 Å². The van der Waals surface area contributed by atoms with E-state index in [2.05, 4.69) is 373 Å². The van der Waals surface area contributed by atoms with E-state index in [0.29, 0.717) is 0 Å². The fourth-order valence-electron chi connectivity index (χ4n) is 25.1. The first-order chi connectivity index (χ1) is 63.4. The van der Waals surface area contributed by atoms with Crippen LogP contribution in [0.15, 0.2) is 303 Å². The zero-order chi connectivity index (χ0) is 87.1. The first-order valence-corrected chi connectivity index (χ1v) is 47.3. The molecule has 30 rings (SSSR count). The molecule has 0 radical (unpaired) electrons. The average molecular weight is 1660 g/mol. The van der Waals surface area contributed by atoms with Gasteiger partial charge in [-0.3, -0.25) is 0 Å². The van der Waals surface area contributed by atoms with Crippen LogP contribution in [0, 0.1) is 69.2 Å². The lowest BCUT2D eigenvalue weighted by molar-refractivity contribution is 1.16. The summed E-state index contributed by atoms with van der Waals surface area (Å²) in [6, 6.07) is 116. The second-order valence-electron chi connectivity index (χ2n) is 39.9. The molecule has 10 aliphatic rings. The molecule has 130 heavy (non-hydrogen) atoms. The zero-order valence-corrected chi connectivity index (χ0v) is 75.9. The van der Waals surface area contributed by atoms with E-state index in [1.807, 2.05) is 0 Å². The molecule has 620 valence electrons. The van der Waals surface area contributed by atoms with E-state index in [4.69, 9.17) is 0 Å². The Kier molecular flexibility index (Phi) is 17.2. The third kappa shape index (κ3) is 12.3. The fourth-order valence-corrected chi connectivity index (χ4v) is 25.1. The summed E-state index contributed by atoms with van der Waals surface area (Å²) in [6.07, 6.45) is 10.7. The molecule has 0 aromatic heterocycles. The average Bonchev–Trinajstić information content (AvgIpc) is 1.57. The summed E-state index contributed by atoms with van der Waals surface area (Å²) in [6.45, 7) is 21.9. The van der Waals surface area contributed by atoms with Gasteiger partial charge in [0.25, 0.3) is 0 Å². The Bertz CT molecular complexity index is 8410. The Morgan fingerprint density at radius 3 is 0.838 bits per heavy atom. The lowest BCUT2D eigenvalue weighted by atomic mass is 9.93. The number of hydrogen-bond acceptors (Lipinski definition) is 0. The van der Waals surface area contributed by atoms with Crippen molar-refractivity contribution in [3.8, 4) is 111 Å². The van der Waals surface area contributed by atoms with Gasteiger partial charge in [-0.2, -0.15) is 0 Å². The molecule has 20 aromatic carbocycles. The fraction of sp³-hybridized carbons (Fsp3) is 0.154. The summed E-state index contributed by atoms with van der Waals surface area (Å²) in [5, 5.41) is 13.8. The van der Waals surface area contributed by atoms with Crippen LogP contribution < -0.4 is 0 Å². The van der Waals surface area contributed by atoms with E-state index in [0.717, 1.165) is 64.2 Å². The highest BCUT2D eigenvalue weighted by molar-refractivity contribution is 6.06. The molecule has 20 aromatic rings. The summed E-state index contributed by atoms with van der Waals surface area (Å²) in [5.41, 5.74) is 72.6. The van der Waals surface area contributed by atoms with E-state index in [1.54, 1.807) is 33.4 Å². The third-order valence-corrected chi connectivity index (χ3v) is 31.2. The molecule has 0 atom stereocenters. The molecule has 0 saturated carbocycles. The molecule has 10 aliphatic carbocycles. The van der Waals surface area contributed by atoms with Crippen molar-refractivity contribution < 1.29 is 0 Å². The van der Waals surface area contributed by atoms with E-state index in [9.17, 15) is 0 Å². The van der Waals surface area contributed by atoms with Gasteiger partial charge in [0.1, 0.15) is 0 Å². The maximum Gasteiger partial charge on any atom is -0.000421 e. The molecule has 0 aliphatic heterocycles. The van der Waals surface area contributed by atoms with Gasteiger partial charge in [0.05, 0.1) is 0 Å². The van der Waals surface area contributed by atoms with Crippen molar-refractivity contribution in [3.05, 3.63) is 470 Å². The minimum Gasteiger partial charge on any atom is -0.0616 e. The van der Waals surface area contributed by atoms with E-state index >= 15 is 0 Å². The van der Waals surface area contributed by atoms with Crippen LogP contribution in [-0.4, -0.2) is 0 Å². The highest BCUT2D eigenvalue weighted by atomic mass is 14.4. The van der Waals surface area contributed by atoms with Crippen LogP contribution in [0.25, 0.3) is 165 Å². The number of hydrogen-bond donors (Lipinski definition) is 0. The normalized spacial score (nSPS) is 13.5. The van der Waals surface area contributed by atoms with Crippen molar-refractivity contribution in [2.45, 2.75) is 133 Å². The van der Waals surface area contributed by atoms with Crippen LogP contribution in [0.2, 0.25) is 0 Å². The van der Waals surface area contributed by atoms with Crippen LogP contribution in [-0.2, 0) is 64.2 Å². The molecule has 0 heteroatoms. The largest absolute Gasteiger partial charge is 0.0616 e. The maximum absolute atomic E-state index is 2.46. The van der Waals surface area contributed by atoms with Crippen molar-refractivity contribution in [1.29, 1.82) is 0 Å². The van der Waals surface area contributed by atoms with Crippen molar-refractivity contribution in [1.82, 2.24) is 0 Å². The van der Waals surface area contributed by atoms with Gasteiger partial charge in [0.15, 0.2) is 0 Å². The van der Waals surface area contributed by atoms with E-state index in [1.165, 1.54) is 299 Å². The Morgan fingerprint density at radius 2 is 0.377 bits per heavy atom.